The Morgan fingerprint density at radius 2 is 1.72 bits per heavy atom. The number of piperidine rings is 1. The zero-order valence-corrected chi connectivity index (χ0v) is 19.2. The fourth-order valence-corrected chi connectivity index (χ4v) is 8.01. The summed E-state index contributed by atoms with van der Waals surface area (Å²) >= 11 is 0. The lowest BCUT2D eigenvalue weighted by Crippen LogP contribution is -2.56. The molecule has 4 aliphatic rings. The van der Waals surface area contributed by atoms with E-state index < -0.39 is 17.0 Å². The topological polar surface area (TPSA) is 98.7 Å². The van der Waals surface area contributed by atoms with Gasteiger partial charge in [-0.3, -0.25) is 0 Å². The molecule has 5 rings (SSSR count). The summed E-state index contributed by atoms with van der Waals surface area (Å²) in [4.78, 5) is 24.5. The van der Waals surface area contributed by atoms with E-state index in [1.165, 1.54) is 37.8 Å². The minimum Gasteiger partial charge on any atom is -0.478 e. The molecule has 1 aliphatic heterocycles. The third-order valence-electron chi connectivity index (χ3n) is 8.18. The summed E-state index contributed by atoms with van der Waals surface area (Å²) in [5, 5.41) is 15.6. The van der Waals surface area contributed by atoms with Crippen molar-refractivity contribution in [2.24, 2.45) is 17.8 Å². The van der Waals surface area contributed by atoms with Crippen LogP contribution in [0, 0.1) is 17.8 Å². The largest absolute Gasteiger partial charge is 0.478 e. The third kappa shape index (κ3) is 4.44. The molecule has 1 aromatic carbocycles. The number of nitrogens with one attached hydrogen (secondary N) is 2. The molecule has 1 aromatic rings. The van der Waals surface area contributed by atoms with Crippen LogP contribution in [0.4, 0.5) is 4.79 Å². The molecule has 0 radical (unpaired) electrons. The molecule has 4 fully saturated rings. The van der Waals surface area contributed by atoms with Crippen molar-refractivity contribution >= 4 is 23.0 Å². The summed E-state index contributed by atoms with van der Waals surface area (Å²) < 4.78 is 14.7. The number of hydrogen-bond acceptors (Lipinski definition) is 3. The van der Waals surface area contributed by atoms with Crippen molar-refractivity contribution in [3.8, 4) is 0 Å². The fourth-order valence-electron chi connectivity index (χ4n) is 6.80. The highest BCUT2D eigenvalue weighted by atomic mass is 32.2. The lowest BCUT2D eigenvalue weighted by Gasteiger charge is -2.39. The Bertz CT molecular complexity index is 895. The van der Waals surface area contributed by atoms with Crippen LogP contribution in [0.5, 0.6) is 0 Å². The molecular weight excluding hydrogens is 426 g/mol. The van der Waals surface area contributed by atoms with Crippen LogP contribution in [0.1, 0.15) is 68.1 Å². The first-order valence-corrected chi connectivity index (χ1v) is 13.1. The van der Waals surface area contributed by atoms with Crippen LogP contribution in [-0.4, -0.2) is 50.3 Å². The molecule has 2 amide bonds. The number of rotatable bonds is 5. The van der Waals surface area contributed by atoms with E-state index in [9.17, 15) is 13.8 Å². The number of amides is 2. The van der Waals surface area contributed by atoms with Gasteiger partial charge in [0.2, 0.25) is 0 Å². The predicted molar refractivity (Wildman–Crippen MR) is 122 cm³/mol. The number of nitrogens with zero attached hydrogens (tertiary/aromatic N) is 1. The van der Waals surface area contributed by atoms with Gasteiger partial charge >= 0.3 is 12.0 Å². The lowest BCUT2D eigenvalue weighted by molar-refractivity contribution is 0.0696. The number of fused-ring (bicyclic) bond motifs is 2. The monoisotopic (exact) mass is 459 g/mol. The minimum absolute atomic E-state index is 0.00701. The van der Waals surface area contributed by atoms with Crippen molar-refractivity contribution in [1.82, 2.24) is 14.9 Å². The van der Waals surface area contributed by atoms with Crippen molar-refractivity contribution in [2.75, 3.05) is 13.1 Å². The van der Waals surface area contributed by atoms with Gasteiger partial charge in [0.25, 0.3) is 0 Å². The van der Waals surface area contributed by atoms with Gasteiger partial charge in [-0.2, -0.15) is 0 Å². The van der Waals surface area contributed by atoms with E-state index in [0.29, 0.717) is 18.0 Å². The molecule has 3 bridgehead atoms. The first kappa shape index (κ1) is 21.9. The summed E-state index contributed by atoms with van der Waals surface area (Å²) in [6, 6.07) is 6.26. The van der Waals surface area contributed by atoms with Gasteiger partial charge in [-0.05, 0) is 80.5 Å². The number of urea groups is 1. The molecule has 7 nitrogen and oxygen atoms in total. The second kappa shape index (κ2) is 8.78. The summed E-state index contributed by atoms with van der Waals surface area (Å²) in [6.45, 7) is 1.27. The number of benzene rings is 1. The molecule has 1 heterocycles. The van der Waals surface area contributed by atoms with Gasteiger partial charge in [-0.1, -0.05) is 19.3 Å². The van der Waals surface area contributed by atoms with Gasteiger partial charge in [0.05, 0.1) is 10.5 Å². The Kier molecular flexibility index (Phi) is 6.01. The Labute approximate surface area is 191 Å². The fraction of sp³-hybridized carbons (Fsp3) is 0.667. The van der Waals surface area contributed by atoms with Crippen LogP contribution >= 0.6 is 0 Å². The number of carboxylic acids is 1. The van der Waals surface area contributed by atoms with E-state index in [1.807, 2.05) is 4.31 Å². The second-order valence-electron chi connectivity index (χ2n) is 10.3. The van der Waals surface area contributed by atoms with Crippen LogP contribution in [0.25, 0.3) is 0 Å². The Hall–Kier alpha value is -1.93. The molecule has 1 saturated heterocycles. The average molecular weight is 460 g/mol. The first-order chi connectivity index (χ1) is 15.4. The van der Waals surface area contributed by atoms with E-state index in [2.05, 4.69) is 10.6 Å². The predicted octanol–water partition coefficient (Wildman–Crippen LogP) is 3.53. The van der Waals surface area contributed by atoms with Crippen molar-refractivity contribution in [3.05, 3.63) is 29.8 Å². The molecule has 0 spiro atoms. The van der Waals surface area contributed by atoms with Crippen molar-refractivity contribution in [2.45, 2.75) is 74.3 Å². The highest BCUT2D eigenvalue weighted by Crippen LogP contribution is 2.55. The third-order valence-corrected chi connectivity index (χ3v) is 9.69. The van der Waals surface area contributed by atoms with E-state index in [4.69, 9.17) is 5.11 Å². The maximum atomic E-state index is 12.9. The molecule has 0 aromatic heterocycles. The molecular formula is C24H33N3O4S. The molecule has 5 unspecified atom stereocenters. The lowest BCUT2D eigenvalue weighted by atomic mass is 9.75. The second-order valence-corrected chi connectivity index (χ2v) is 11.8. The van der Waals surface area contributed by atoms with Crippen LogP contribution in [-0.2, 0) is 11.0 Å². The number of carboxylic acid groups (broad SMARTS) is 1. The molecule has 3 aliphatic carbocycles. The average Bonchev–Trinajstić information content (AvgIpc) is 2.92. The van der Waals surface area contributed by atoms with Crippen molar-refractivity contribution < 1.29 is 18.9 Å². The van der Waals surface area contributed by atoms with Gasteiger partial charge in [-0.25, -0.2) is 18.1 Å². The van der Waals surface area contributed by atoms with Crippen LogP contribution in [0.3, 0.4) is 0 Å². The van der Waals surface area contributed by atoms with Gasteiger partial charge in [0.15, 0.2) is 0 Å². The summed E-state index contributed by atoms with van der Waals surface area (Å²) in [5.74, 6) is 1.39. The molecule has 32 heavy (non-hydrogen) atoms. The standard InChI is InChI=1S/C24H33N3O4S/c28-22(29)17-4-6-21(7-5-17)32(31)27-10-8-20(9-11-27)25-23(30)26-24-13-16-2-1-3-18(14-24)19(12-16)15-24/h4-7,16,18-20H,1-3,8-15H2,(H,28,29)(H2,25,26,30). The highest BCUT2D eigenvalue weighted by Gasteiger charge is 2.52. The maximum absolute atomic E-state index is 12.9. The van der Waals surface area contributed by atoms with Crippen LogP contribution in [0.15, 0.2) is 29.2 Å². The summed E-state index contributed by atoms with van der Waals surface area (Å²) in [6.07, 6.45) is 10.3. The van der Waals surface area contributed by atoms with E-state index in [0.717, 1.165) is 49.9 Å². The quantitative estimate of drug-likeness (QED) is 0.627. The minimum atomic E-state index is -1.32. The van der Waals surface area contributed by atoms with Gasteiger partial charge in [0.1, 0.15) is 11.0 Å². The highest BCUT2D eigenvalue weighted by molar-refractivity contribution is 7.82. The summed E-state index contributed by atoms with van der Waals surface area (Å²) in [5.41, 5.74) is 0.196. The molecule has 3 N–H and O–H groups in total. The van der Waals surface area contributed by atoms with Crippen molar-refractivity contribution in [3.63, 3.8) is 0 Å². The first-order valence-electron chi connectivity index (χ1n) is 12.0. The zero-order chi connectivity index (χ0) is 22.3. The Morgan fingerprint density at radius 3 is 2.44 bits per heavy atom. The summed E-state index contributed by atoms with van der Waals surface area (Å²) in [7, 11) is -1.32. The van der Waals surface area contributed by atoms with E-state index in [1.54, 1.807) is 12.1 Å². The maximum Gasteiger partial charge on any atom is 0.335 e. The zero-order valence-electron chi connectivity index (χ0n) is 18.4. The molecule has 8 heteroatoms. The number of aromatic carboxylic acids is 1. The SMILES string of the molecule is O=C(NC1CCN(S(=O)c2ccc(C(=O)O)cc2)CC1)NC12CC3CCCC(C1)C(C3)C2. The molecule has 5 atom stereocenters. The number of hydrogen-bond donors (Lipinski definition) is 3. The Balaban J connectivity index is 1.11. The normalized spacial score (nSPS) is 33.4. The van der Waals surface area contributed by atoms with Crippen LogP contribution < -0.4 is 10.6 Å². The smallest absolute Gasteiger partial charge is 0.335 e. The number of carbonyl (C=O) groups excluding carboxylic acids is 1. The van der Waals surface area contributed by atoms with Gasteiger partial charge in [-0.15, -0.1) is 0 Å². The van der Waals surface area contributed by atoms with E-state index in [-0.39, 0.29) is 23.2 Å². The molecule has 3 saturated carbocycles. The number of carbonyl (C=O) groups is 2. The Morgan fingerprint density at radius 1 is 1.00 bits per heavy atom. The van der Waals surface area contributed by atoms with E-state index >= 15 is 0 Å². The molecule has 174 valence electrons. The van der Waals surface area contributed by atoms with Crippen LogP contribution in [0.2, 0.25) is 0 Å². The van der Waals surface area contributed by atoms with Gasteiger partial charge < -0.3 is 15.7 Å². The van der Waals surface area contributed by atoms with Gasteiger partial charge in [0, 0.05) is 24.7 Å². The van der Waals surface area contributed by atoms with Crippen molar-refractivity contribution in [1.29, 1.82) is 0 Å².